The molecule has 80 valence electrons. The van der Waals surface area contributed by atoms with Crippen LogP contribution in [0.15, 0.2) is 12.4 Å². The highest BCUT2D eigenvalue weighted by Crippen LogP contribution is 2.24. The fourth-order valence-electron chi connectivity index (χ4n) is 1.60. The number of hydrogen-bond acceptors (Lipinski definition) is 4. The summed E-state index contributed by atoms with van der Waals surface area (Å²) in [7, 11) is 0. The molecule has 0 radical (unpaired) electrons. The zero-order chi connectivity index (χ0) is 10.8. The number of halogens is 1. The van der Waals surface area contributed by atoms with E-state index in [-0.39, 0.29) is 5.91 Å². The molecule has 0 saturated carbocycles. The first kappa shape index (κ1) is 10.7. The molecule has 1 amide bonds. The standard InChI is InChI=1S/C9H10ClN3OS/c10-7-2-8(12-5-11-7)13-3-6(4-15)1-9(13)14/h2,5-6,15H,1,3-4H2. The molecule has 1 aromatic heterocycles. The van der Waals surface area contributed by atoms with Crippen LogP contribution >= 0.6 is 24.2 Å². The monoisotopic (exact) mass is 243 g/mol. The van der Waals surface area contributed by atoms with Crippen LogP contribution in [0.25, 0.3) is 0 Å². The summed E-state index contributed by atoms with van der Waals surface area (Å²) in [6, 6.07) is 1.60. The highest BCUT2D eigenvalue weighted by molar-refractivity contribution is 7.80. The molecule has 0 bridgehead atoms. The Morgan fingerprint density at radius 3 is 3.00 bits per heavy atom. The molecule has 1 aliphatic heterocycles. The molecule has 0 aromatic carbocycles. The Hall–Kier alpha value is -0.810. The van der Waals surface area contributed by atoms with Gasteiger partial charge in [0.25, 0.3) is 0 Å². The van der Waals surface area contributed by atoms with Gasteiger partial charge < -0.3 is 0 Å². The summed E-state index contributed by atoms with van der Waals surface area (Å²) >= 11 is 9.93. The van der Waals surface area contributed by atoms with Crippen LogP contribution in [0, 0.1) is 5.92 Å². The third kappa shape index (κ3) is 2.23. The van der Waals surface area contributed by atoms with E-state index in [4.69, 9.17) is 11.6 Å². The Morgan fingerprint density at radius 2 is 2.40 bits per heavy atom. The molecule has 0 spiro atoms. The second-order valence-electron chi connectivity index (χ2n) is 3.46. The average Bonchev–Trinajstić information content (AvgIpc) is 2.60. The van der Waals surface area contributed by atoms with Crippen LogP contribution in [0.5, 0.6) is 0 Å². The molecule has 15 heavy (non-hydrogen) atoms. The van der Waals surface area contributed by atoms with Gasteiger partial charge >= 0.3 is 0 Å². The first-order chi connectivity index (χ1) is 7.20. The maximum atomic E-state index is 11.6. The molecule has 1 saturated heterocycles. The van der Waals surface area contributed by atoms with Crippen molar-refractivity contribution in [2.75, 3.05) is 17.2 Å². The highest BCUT2D eigenvalue weighted by Gasteiger charge is 2.30. The molecule has 1 aliphatic rings. The van der Waals surface area contributed by atoms with E-state index >= 15 is 0 Å². The highest BCUT2D eigenvalue weighted by atomic mass is 35.5. The molecular weight excluding hydrogens is 234 g/mol. The van der Waals surface area contributed by atoms with Crippen molar-refractivity contribution in [2.24, 2.45) is 5.92 Å². The summed E-state index contributed by atoms with van der Waals surface area (Å²) in [5.74, 6) is 1.66. The predicted molar refractivity (Wildman–Crippen MR) is 61.4 cm³/mol. The van der Waals surface area contributed by atoms with Crippen LogP contribution in [0.4, 0.5) is 5.82 Å². The number of hydrogen-bond donors (Lipinski definition) is 1. The van der Waals surface area contributed by atoms with Crippen molar-refractivity contribution in [1.82, 2.24) is 9.97 Å². The first-order valence-electron chi connectivity index (χ1n) is 4.59. The van der Waals surface area contributed by atoms with Gasteiger partial charge in [0.1, 0.15) is 17.3 Å². The number of amides is 1. The van der Waals surface area contributed by atoms with E-state index in [0.717, 1.165) is 0 Å². The van der Waals surface area contributed by atoms with Crippen LogP contribution in [-0.4, -0.2) is 28.2 Å². The van der Waals surface area contributed by atoms with E-state index in [0.29, 0.717) is 35.6 Å². The minimum atomic E-state index is 0.0730. The minimum absolute atomic E-state index is 0.0730. The number of thiol groups is 1. The number of aromatic nitrogens is 2. The third-order valence-electron chi connectivity index (χ3n) is 2.36. The van der Waals surface area contributed by atoms with Crippen LogP contribution in [-0.2, 0) is 4.79 Å². The van der Waals surface area contributed by atoms with Gasteiger partial charge in [-0.05, 0) is 11.7 Å². The smallest absolute Gasteiger partial charge is 0.228 e. The molecule has 1 aromatic rings. The lowest BCUT2D eigenvalue weighted by Crippen LogP contribution is -2.25. The zero-order valence-electron chi connectivity index (χ0n) is 7.93. The van der Waals surface area contributed by atoms with Gasteiger partial charge in [0.05, 0.1) is 0 Å². The summed E-state index contributed by atoms with van der Waals surface area (Å²) < 4.78 is 0. The Morgan fingerprint density at radius 1 is 1.60 bits per heavy atom. The average molecular weight is 244 g/mol. The van der Waals surface area contributed by atoms with E-state index in [1.54, 1.807) is 11.0 Å². The van der Waals surface area contributed by atoms with E-state index in [1.807, 2.05) is 0 Å². The second-order valence-corrected chi connectivity index (χ2v) is 4.21. The van der Waals surface area contributed by atoms with E-state index in [1.165, 1.54) is 6.33 Å². The molecule has 1 unspecified atom stereocenters. The number of rotatable bonds is 2. The van der Waals surface area contributed by atoms with Gasteiger partial charge in [0.2, 0.25) is 5.91 Å². The van der Waals surface area contributed by atoms with E-state index < -0.39 is 0 Å². The summed E-state index contributed by atoms with van der Waals surface area (Å²) in [5.41, 5.74) is 0. The lowest BCUT2D eigenvalue weighted by Gasteiger charge is -2.14. The van der Waals surface area contributed by atoms with Gasteiger partial charge in [-0.3, -0.25) is 9.69 Å². The second kappa shape index (κ2) is 4.37. The van der Waals surface area contributed by atoms with Crippen molar-refractivity contribution in [3.8, 4) is 0 Å². The SMILES string of the molecule is O=C1CC(CS)CN1c1cc(Cl)ncn1. The summed E-state index contributed by atoms with van der Waals surface area (Å²) in [4.78, 5) is 21.1. The van der Waals surface area contributed by atoms with Crippen molar-refractivity contribution in [3.05, 3.63) is 17.5 Å². The maximum absolute atomic E-state index is 11.6. The van der Waals surface area contributed by atoms with Crippen LogP contribution in [0.2, 0.25) is 5.15 Å². The van der Waals surface area contributed by atoms with Crippen molar-refractivity contribution in [1.29, 1.82) is 0 Å². The molecule has 2 rings (SSSR count). The Labute approximate surface area is 98.1 Å². The Balaban J connectivity index is 2.21. The van der Waals surface area contributed by atoms with Gasteiger partial charge in [-0.2, -0.15) is 12.6 Å². The molecular formula is C9H10ClN3OS. The Bertz CT molecular complexity index is 387. The first-order valence-corrected chi connectivity index (χ1v) is 5.60. The van der Waals surface area contributed by atoms with E-state index in [9.17, 15) is 4.79 Å². The van der Waals surface area contributed by atoms with Gasteiger partial charge in [0.15, 0.2) is 0 Å². The predicted octanol–water partition coefficient (Wildman–Crippen LogP) is 1.41. The summed E-state index contributed by atoms with van der Waals surface area (Å²) in [6.07, 6.45) is 1.89. The number of nitrogens with zero attached hydrogens (tertiary/aromatic N) is 3. The fraction of sp³-hybridized carbons (Fsp3) is 0.444. The third-order valence-corrected chi connectivity index (χ3v) is 3.08. The van der Waals surface area contributed by atoms with Crippen molar-refractivity contribution >= 4 is 36.0 Å². The summed E-state index contributed by atoms with van der Waals surface area (Å²) in [6.45, 7) is 0.662. The molecule has 0 N–H and O–H groups in total. The van der Waals surface area contributed by atoms with Crippen molar-refractivity contribution in [3.63, 3.8) is 0 Å². The van der Waals surface area contributed by atoms with Crippen molar-refractivity contribution in [2.45, 2.75) is 6.42 Å². The van der Waals surface area contributed by atoms with Crippen molar-refractivity contribution < 1.29 is 4.79 Å². The zero-order valence-corrected chi connectivity index (χ0v) is 9.58. The topological polar surface area (TPSA) is 46.1 Å². The van der Waals surface area contributed by atoms with Crippen LogP contribution in [0.1, 0.15) is 6.42 Å². The number of carbonyl (C=O) groups excluding carboxylic acids is 1. The lowest BCUT2D eigenvalue weighted by atomic mass is 10.1. The number of carbonyl (C=O) groups is 1. The van der Waals surface area contributed by atoms with Gasteiger partial charge in [-0.25, -0.2) is 9.97 Å². The molecule has 2 heterocycles. The molecule has 4 nitrogen and oxygen atoms in total. The van der Waals surface area contributed by atoms with Crippen LogP contribution in [0.3, 0.4) is 0 Å². The Kier molecular flexibility index (Phi) is 3.11. The molecule has 0 aliphatic carbocycles. The fourth-order valence-corrected chi connectivity index (χ4v) is 1.98. The minimum Gasteiger partial charge on any atom is -0.296 e. The molecule has 1 fully saturated rings. The van der Waals surface area contributed by atoms with Gasteiger partial charge in [0, 0.05) is 19.0 Å². The maximum Gasteiger partial charge on any atom is 0.228 e. The summed E-state index contributed by atoms with van der Waals surface area (Å²) in [5, 5.41) is 0.349. The van der Waals surface area contributed by atoms with Gasteiger partial charge in [-0.1, -0.05) is 11.6 Å². The normalized spacial score (nSPS) is 21.1. The largest absolute Gasteiger partial charge is 0.296 e. The molecule has 1 atom stereocenters. The van der Waals surface area contributed by atoms with E-state index in [2.05, 4.69) is 22.6 Å². The van der Waals surface area contributed by atoms with Gasteiger partial charge in [-0.15, -0.1) is 0 Å². The molecule has 6 heteroatoms. The number of anilines is 1. The quantitative estimate of drug-likeness (QED) is 0.631. The van der Waals surface area contributed by atoms with Crippen LogP contribution < -0.4 is 4.90 Å². The lowest BCUT2D eigenvalue weighted by molar-refractivity contribution is -0.117.